The molecular weight excluding hydrogens is 336 g/mol. The molecule has 1 N–H and O–H groups in total. The van der Waals surface area contributed by atoms with E-state index in [4.69, 9.17) is 0 Å². The number of hydrogen-bond acceptors (Lipinski definition) is 5. The number of nitrogens with one attached hydrogen (secondary N) is 1. The highest BCUT2D eigenvalue weighted by Gasteiger charge is 2.34. The number of sulfonamides is 1. The molecule has 1 heterocycles. The zero-order valence-corrected chi connectivity index (χ0v) is 13.0. The van der Waals surface area contributed by atoms with Gasteiger partial charge in [0.2, 0.25) is 15.1 Å². The van der Waals surface area contributed by atoms with Gasteiger partial charge in [0.05, 0.1) is 0 Å². The van der Waals surface area contributed by atoms with Crippen LogP contribution in [0.1, 0.15) is 26.5 Å². The number of alkyl halides is 4. The normalized spacial score (nSPS) is 13.5. The highest BCUT2D eigenvalue weighted by Crippen LogP contribution is 2.34. The van der Waals surface area contributed by atoms with Crippen molar-refractivity contribution in [2.45, 2.75) is 44.1 Å². The van der Waals surface area contributed by atoms with E-state index in [-0.39, 0.29) is 0 Å². The molecule has 0 aromatic carbocycles. The number of ether oxygens (including phenoxy) is 1. The van der Waals surface area contributed by atoms with Crippen LogP contribution in [0, 0.1) is 0 Å². The second kappa shape index (κ2) is 6.05. The fourth-order valence-electron chi connectivity index (χ4n) is 1.34. The van der Waals surface area contributed by atoms with Crippen LogP contribution in [0.5, 0.6) is 5.06 Å². The molecule has 0 aliphatic rings. The molecule has 11 heteroatoms. The van der Waals surface area contributed by atoms with Crippen LogP contribution in [0.3, 0.4) is 0 Å². The predicted molar refractivity (Wildman–Crippen MR) is 68.6 cm³/mol. The third kappa shape index (κ3) is 5.40. The molecule has 122 valence electrons. The van der Waals surface area contributed by atoms with Gasteiger partial charge in [-0.3, -0.25) is 0 Å². The highest BCUT2D eigenvalue weighted by molar-refractivity contribution is 7.89. The molecule has 0 atom stereocenters. The summed E-state index contributed by atoms with van der Waals surface area (Å²) in [5.41, 5.74) is -1.37. The first-order valence-corrected chi connectivity index (χ1v) is 7.89. The molecule has 1 aromatic heterocycles. The maximum atomic E-state index is 12.8. The first-order valence-electron chi connectivity index (χ1n) is 5.64. The van der Waals surface area contributed by atoms with E-state index < -0.39 is 50.7 Å². The van der Waals surface area contributed by atoms with Gasteiger partial charge in [0.15, 0.2) is 11.5 Å². The summed E-state index contributed by atoms with van der Waals surface area (Å²) < 4.78 is 83.7. The Hall–Kier alpha value is -0.940. The van der Waals surface area contributed by atoms with E-state index in [1.165, 1.54) is 20.8 Å². The standard InChI is InChI=1S/C10H14F4N2O3S2/c1-9(2,3)16-21(17,18)7-6(4-11)15-20-8(7)19-5-10(12,13)14/h16H,4-5H2,1-3H3. The molecule has 0 spiro atoms. The van der Waals surface area contributed by atoms with Crippen LogP contribution in [0.4, 0.5) is 17.6 Å². The lowest BCUT2D eigenvalue weighted by Gasteiger charge is -2.20. The van der Waals surface area contributed by atoms with E-state index in [9.17, 15) is 26.0 Å². The third-order valence-electron chi connectivity index (χ3n) is 1.89. The topological polar surface area (TPSA) is 68.3 Å². The number of nitrogens with zero attached hydrogens (tertiary/aromatic N) is 1. The average molecular weight is 350 g/mol. The van der Waals surface area contributed by atoms with Gasteiger partial charge in [-0.15, -0.1) is 0 Å². The monoisotopic (exact) mass is 350 g/mol. The van der Waals surface area contributed by atoms with Gasteiger partial charge in [-0.05, 0) is 20.8 Å². The van der Waals surface area contributed by atoms with Crippen LogP contribution in [0.2, 0.25) is 0 Å². The van der Waals surface area contributed by atoms with Crippen molar-refractivity contribution < 1.29 is 30.7 Å². The largest absolute Gasteiger partial charge is 0.472 e. The maximum Gasteiger partial charge on any atom is 0.422 e. The average Bonchev–Trinajstić information content (AvgIpc) is 2.65. The molecule has 1 aromatic rings. The predicted octanol–water partition coefficient (Wildman–Crippen LogP) is 2.63. The van der Waals surface area contributed by atoms with Gasteiger partial charge in [-0.25, -0.2) is 17.5 Å². The van der Waals surface area contributed by atoms with Crippen LogP contribution in [0.15, 0.2) is 4.90 Å². The van der Waals surface area contributed by atoms with E-state index in [2.05, 4.69) is 13.8 Å². The van der Waals surface area contributed by atoms with Gasteiger partial charge >= 0.3 is 6.18 Å². The smallest absolute Gasteiger partial charge is 0.422 e. The molecule has 0 radical (unpaired) electrons. The first kappa shape index (κ1) is 18.1. The molecule has 0 aliphatic heterocycles. The summed E-state index contributed by atoms with van der Waals surface area (Å²) in [6.07, 6.45) is -4.64. The van der Waals surface area contributed by atoms with Gasteiger partial charge in [-0.1, -0.05) is 0 Å². The number of rotatable bonds is 5. The van der Waals surface area contributed by atoms with Crippen LogP contribution in [-0.2, 0) is 16.7 Å². The summed E-state index contributed by atoms with van der Waals surface area (Å²) in [6.45, 7) is 1.70. The third-order valence-corrected chi connectivity index (χ3v) is 4.66. The molecule has 0 amide bonds. The molecule has 0 saturated heterocycles. The molecule has 0 bridgehead atoms. The Morgan fingerprint density at radius 2 is 1.86 bits per heavy atom. The van der Waals surface area contributed by atoms with Crippen molar-refractivity contribution in [3.8, 4) is 5.06 Å². The fourth-order valence-corrected chi connectivity index (χ4v) is 4.08. The SMILES string of the molecule is CC(C)(C)NS(=O)(=O)c1c(CF)nsc1OCC(F)(F)F. The molecule has 0 saturated carbocycles. The summed E-state index contributed by atoms with van der Waals surface area (Å²) in [5, 5.41) is -0.586. The van der Waals surface area contributed by atoms with E-state index in [0.29, 0.717) is 11.5 Å². The lowest BCUT2D eigenvalue weighted by Crippen LogP contribution is -2.40. The second-order valence-electron chi connectivity index (χ2n) is 5.14. The van der Waals surface area contributed by atoms with E-state index >= 15 is 0 Å². The van der Waals surface area contributed by atoms with Gasteiger partial charge in [0.1, 0.15) is 12.4 Å². The minimum atomic E-state index is -4.64. The molecule has 21 heavy (non-hydrogen) atoms. The van der Waals surface area contributed by atoms with Gasteiger partial charge in [-0.2, -0.15) is 17.5 Å². The first-order chi connectivity index (χ1) is 9.36. The Labute approximate surface area is 123 Å². The second-order valence-corrected chi connectivity index (χ2v) is 7.49. The zero-order valence-electron chi connectivity index (χ0n) is 11.4. The van der Waals surface area contributed by atoms with Gasteiger partial charge < -0.3 is 4.74 Å². The summed E-state index contributed by atoms with van der Waals surface area (Å²) in [4.78, 5) is -0.686. The van der Waals surface area contributed by atoms with Crippen LogP contribution < -0.4 is 9.46 Å². The van der Waals surface area contributed by atoms with Crippen LogP contribution in [0.25, 0.3) is 0 Å². The Morgan fingerprint density at radius 1 is 1.29 bits per heavy atom. The van der Waals surface area contributed by atoms with Crippen LogP contribution >= 0.6 is 11.5 Å². The number of halogens is 4. The Kier molecular flexibility index (Phi) is 5.22. The minimum Gasteiger partial charge on any atom is -0.472 e. The van der Waals surface area contributed by atoms with Crippen LogP contribution in [-0.4, -0.2) is 31.1 Å². The molecule has 5 nitrogen and oxygen atoms in total. The van der Waals surface area contributed by atoms with Crippen molar-refractivity contribution in [1.29, 1.82) is 0 Å². The molecule has 0 aliphatic carbocycles. The minimum absolute atomic E-state index is 0.363. The lowest BCUT2D eigenvalue weighted by atomic mass is 10.1. The lowest BCUT2D eigenvalue weighted by molar-refractivity contribution is -0.153. The number of aromatic nitrogens is 1. The summed E-state index contributed by atoms with van der Waals surface area (Å²) in [6, 6.07) is 0. The van der Waals surface area contributed by atoms with Crippen molar-refractivity contribution in [3.63, 3.8) is 0 Å². The molecule has 0 fully saturated rings. The summed E-state index contributed by atoms with van der Waals surface area (Å²) in [7, 11) is -4.25. The van der Waals surface area contributed by atoms with E-state index in [0.717, 1.165) is 0 Å². The quantitative estimate of drug-likeness (QED) is 0.829. The Bertz CT molecular complexity index is 590. The fraction of sp³-hybridized carbons (Fsp3) is 0.700. The van der Waals surface area contributed by atoms with Crippen molar-refractivity contribution in [1.82, 2.24) is 9.10 Å². The van der Waals surface area contributed by atoms with E-state index in [1.807, 2.05) is 0 Å². The van der Waals surface area contributed by atoms with Gasteiger partial charge in [0.25, 0.3) is 0 Å². The maximum absolute atomic E-state index is 12.8. The number of hydrogen-bond donors (Lipinski definition) is 1. The highest BCUT2D eigenvalue weighted by atomic mass is 32.2. The Morgan fingerprint density at radius 3 is 2.29 bits per heavy atom. The van der Waals surface area contributed by atoms with Crippen molar-refractivity contribution in [2.24, 2.45) is 0 Å². The van der Waals surface area contributed by atoms with Crippen molar-refractivity contribution in [3.05, 3.63) is 5.69 Å². The Balaban J connectivity index is 3.18. The van der Waals surface area contributed by atoms with Crippen molar-refractivity contribution in [2.75, 3.05) is 6.61 Å². The molecule has 0 unspecified atom stereocenters. The van der Waals surface area contributed by atoms with Gasteiger partial charge in [0, 0.05) is 17.1 Å². The summed E-state index contributed by atoms with van der Waals surface area (Å²) in [5.74, 6) is 0. The van der Waals surface area contributed by atoms with Crippen molar-refractivity contribution >= 4 is 21.6 Å². The zero-order chi connectivity index (χ0) is 16.5. The molecule has 1 rings (SSSR count). The summed E-state index contributed by atoms with van der Waals surface area (Å²) >= 11 is 0.363. The molecular formula is C10H14F4N2O3S2. The van der Waals surface area contributed by atoms with E-state index in [1.54, 1.807) is 0 Å².